The van der Waals surface area contributed by atoms with E-state index in [1.807, 2.05) is 25.1 Å². The summed E-state index contributed by atoms with van der Waals surface area (Å²) in [5.74, 6) is 2.44. The zero-order valence-corrected chi connectivity index (χ0v) is 10.0. The number of fused-ring (bicyclic) bond motifs is 1. The molecular weight excluding hydrogens is 232 g/mol. The third-order valence-corrected chi connectivity index (χ3v) is 2.89. The van der Waals surface area contributed by atoms with Gasteiger partial charge in [0.25, 0.3) is 0 Å². The van der Waals surface area contributed by atoms with Gasteiger partial charge < -0.3 is 14.8 Å². The van der Waals surface area contributed by atoms with Crippen LogP contribution in [0.2, 0.25) is 0 Å². The molecule has 0 bridgehead atoms. The van der Waals surface area contributed by atoms with Gasteiger partial charge in [0.1, 0.15) is 12.2 Å². The minimum absolute atomic E-state index is 0.123. The molecule has 6 nitrogen and oxygen atoms in total. The van der Waals surface area contributed by atoms with Crippen molar-refractivity contribution in [2.24, 2.45) is 0 Å². The molecular formula is C12H14N4O2. The lowest BCUT2D eigenvalue weighted by molar-refractivity contribution is 0.174. The summed E-state index contributed by atoms with van der Waals surface area (Å²) in [5, 5.41) is 10.0. The van der Waals surface area contributed by atoms with Crippen molar-refractivity contribution in [3.8, 4) is 11.5 Å². The molecule has 0 aliphatic carbocycles. The summed E-state index contributed by atoms with van der Waals surface area (Å²) in [6.45, 7) is 3.08. The molecule has 1 atom stereocenters. The van der Waals surface area contributed by atoms with Crippen LogP contribution < -0.4 is 14.8 Å². The summed E-state index contributed by atoms with van der Waals surface area (Å²) >= 11 is 0. The number of hydrogen-bond donors (Lipinski definition) is 2. The number of nitrogens with one attached hydrogen (secondary N) is 2. The number of rotatable bonds is 4. The fraction of sp³-hybridized carbons (Fsp3) is 0.333. The van der Waals surface area contributed by atoms with Crippen LogP contribution >= 0.6 is 0 Å². The average molecular weight is 246 g/mol. The molecule has 18 heavy (non-hydrogen) atoms. The molecule has 1 aromatic heterocycles. The number of aromatic amines is 1. The van der Waals surface area contributed by atoms with E-state index in [0.29, 0.717) is 6.79 Å². The first-order valence-electron chi connectivity index (χ1n) is 5.80. The van der Waals surface area contributed by atoms with Crippen LogP contribution in [0.1, 0.15) is 24.4 Å². The largest absolute Gasteiger partial charge is 0.454 e. The molecule has 1 unspecified atom stereocenters. The molecule has 0 saturated heterocycles. The van der Waals surface area contributed by atoms with Gasteiger partial charge in [0.15, 0.2) is 11.5 Å². The van der Waals surface area contributed by atoms with Gasteiger partial charge >= 0.3 is 0 Å². The molecule has 2 aromatic rings. The molecule has 6 heteroatoms. The summed E-state index contributed by atoms with van der Waals surface area (Å²) in [6, 6.07) is 6.06. The Labute approximate surface area is 104 Å². The quantitative estimate of drug-likeness (QED) is 0.852. The molecule has 3 rings (SSSR count). The molecule has 94 valence electrons. The Morgan fingerprint density at radius 2 is 2.28 bits per heavy atom. The Bertz CT molecular complexity index is 527. The highest BCUT2D eigenvalue weighted by Crippen LogP contribution is 2.32. The lowest BCUT2D eigenvalue weighted by atomic mass is 10.2. The first kappa shape index (κ1) is 11.0. The molecule has 1 aromatic carbocycles. The van der Waals surface area contributed by atoms with E-state index in [9.17, 15) is 0 Å². The standard InChI is InChI=1S/C12H14N4O2/c1-8(12-14-6-15-16-12)13-5-9-2-3-10-11(4-9)18-7-17-10/h2-4,6,8,13H,5,7H2,1H3,(H,14,15,16). The molecule has 2 heterocycles. The molecule has 1 aliphatic heterocycles. The van der Waals surface area contributed by atoms with Crippen molar-refractivity contribution in [1.29, 1.82) is 0 Å². The highest BCUT2D eigenvalue weighted by molar-refractivity contribution is 5.44. The minimum Gasteiger partial charge on any atom is -0.454 e. The summed E-state index contributed by atoms with van der Waals surface area (Å²) < 4.78 is 10.6. The molecule has 1 aliphatic rings. The second-order valence-electron chi connectivity index (χ2n) is 4.16. The van der Waals surface area contributed by atoms with Gasteiger partial charge in [0, 0.05) is 6.54 Å². The number of ether oxygens (including phenoxy) is 2. The van der Waals surface area contributed by atoms with Crippen molar-refractivity contribution in [1.82, 2.24) is 20.5 Å². The third kappa shape index (κ3) is 2.14. The fourth-order valence-corrected chi connectivity index (χ4v) is 1.84. The number of benzene rings is 1. The van der Waals surface area contributed by atoms with Crippen LogP contribution in [0.15, 0.2) is 24.5 Å². The van der Waals surface area contributed by atoms with Gasteiger partial charge in [-0.05, 0) is 24.6 Å². The normalized spacial score (nSPS) is 14.7. The lowest BCUT2D eigenvalue weighted by Crippen LogP contribution is -2.19. The van der Waals surface area contributed by atoms with Gasteiger partial charge in [-0.15, -0.1) is 0 Å². The monoisotopic (exact) mass is 246 g/mol. The number of hydrogen-bond acceptors (Lipinski definition) is 5. The Balaban J connectivity index is 1.63. The number of nitrogens with zero attached hydrogens (tertiary/aromatic N) is 2. The Kier molecular flexibility index (Phi) is 2.85. The first-order chi connectivity index (χ1) is 8.83. The Morgan fingerprint density at radius 1 is 1.39 bits per heavy atom. The molecule has 0 radical (unpaired) electrons. The third-order valence-electron chi connectivity index (χ3n) is 2.89. The summed E-state index contributed by atoms with van der Waals surface area (Å²) in [4.78, 5) is 4.11. The highest BCUT2D eigenvalue weighted by Gasteiger charge is 2.13. The zero-order valence-electron chi connectivity index (χ0n) is 10.0. The fourth-order valence-electron chi connectivity index (χ4n) is 1.84. The van der Waals surface area contributed by atoms with E-state index in [1.165, 1.54) is 6.33 Å². The molecule has 0 saturated carbocycles. The van der Waals surface area contributed by atoms with E-state index in [1.54, 1.807) is 0 Å². The summed E-state index contributed by atoms with van der Waals surface area (Å²) in [7, 11) is 0. The lowest BCUT2D eigenvalue weighted by Gasteiger charge is -2.11. The smallest absolute Gasteiger partial charge is 0.231 e. The molecule has 0 fully saturated rings. The van der Waals surface area contributed by atoms with E-state index >= 15 is 0 Å². The second-order valence-corrected chi connectivity index (χ2v) is 4.16. The molecule has 0 amide bonds. The van der Waals surface area contributed by atoms with Gasteiger partial charge in [-0.25, -0.2) is 4.98 Å². The molecule has 0 spiro atoms. The van der Waals surface area contributed by atoms with Crippen molar-refractivity contribution in [2.45, 2.75) is 19.5 Å². The Morgan fingerprint density at radius 3 is 3.11 bits per heavy atom. The highest BCUT2D eigenvalue weighted by atomic mass is 16.7. The van der Waals surface area contributed by atoms with E-state index in [4.69, 9.17) is 9.47 Å². The van der Waals surface area contributed by atoms with Gasteiger partial charge in [-0.2, -0.15) is 5.10 Å². The van der Waals surface area contributed by atoms with Crippen LogP contribution in [0.5, 0.6) is 11.5 Å². The van der Waals surface area contributed by atoms with E-state index in [0.717, 1.165) is 29.4 Å². The van der Waals surface area contributed by atoms with Crippen LogP contribution in [-0.2, 0) is 6.54 Å². The number of aromatic nitrogens is 3. The maximum absolute atomic E-state index is 5.34. The summed E-state index contributed by atoms with van der Waals surface area (Å²) in [5.41, 5.74) is 1.14. The van der Waals surface area contributed by atoms with Crippen LogP contribution in [0.3, 0.4) is 0 Å². The first-order valence-corrected chi connectivity index (χ1v) is 5.80. The van der Waals surface area contributed by atoms with Crippen molar-refractivity contribution in [3.63, 3.8) is 0 Å². The van der Waals surface area contributed by atoms with Crippen LogP contribution in [0.25, 0.3) is 0 Å². The van der Waals surface area contributed by atoms with Crippen LogP contribution in [0, 0.1) is 0 Å². The summed E-state index contributed by atoms with van der Waals surface area (Å²) in [6.07, 6.45) is 1.51. The maximum Gasteiger partial charge on any atom is 0.231 e. The van der Waals surface area contributed by atoms with Gasteiger partial charge in [0.05, 0.1) is 6.04 Å². The SMILES string of the molecule is CC(NCc1ccc2c(c1)OCO2)c1ncn[nH]1. The van der Waals surface area contributed by atoms with Crippen molar-refractivity contribution < 1.29 is 9.47 Å². The van der Waals surface area contributed by atoms with Crippen LogP contribution in [0.4, 0.5) is 0 Å². The van der Waals surface area contributed by atoms with E-state index in [2.05, 4.69) is 20.5 Å². The minimum atomic E-state index is 0.123. The predicted octanol–water partition coefficient (Wildman–Crippen LogP) is 1.38. The van der Waals surface area contributed by atoms with Gasteiger partial charge in [-0.1, -0.05) is 6.07 Å². The maximum atomic E-state index is 5.34. The topological polar surface area (TPSA) is 72.1 Å². The van der Waals surface area contributed by atoms with E-state index < -0.39 is 0 Å². The van der Waals surface area contributed by atoms with Crippen molar-refractivity contribution >= 4 is 0 Å². The van der Waals surface area contributed by atoms with Crippen LogP contribution in [-0.4, -0.2) is 22.0 Å². The predicted molar refractivity (Wildman–Crippen MR) is 64.2 cm³/mol. The van der Waals surface area contributed by atoms with Crippen molar-refractivity contribution in [2.75, 3.05) is 6.79 Å². The second kappa shape index (κ2) is 4.66. The average Bonchev–Trinajstić information content (AvgIpc) is 3.05. The van der Waals surface area contributed by atoms with Crippen molar-refractivity contribution in [3.05, 3.63) is 35.9 Å². The van der Waals surface area contributed by atoms with Gasteiger partial charge in [0.2, 0.25) is 6.79 Å². The van der Waals surface area contributed by atoms with Gasteiger partial charge in [-0.3, -0.25) is 5.10 Å². The number of H-pyrrole nitrogens is 1. The Hall–Kier alpha value is -2.08. The van der Waals surface area contributed by atoms with E-state index in [-0.39, 0.29) is 6.04 Å². The zero-order chi connectivity index (χ0) is 12.4. The molecule has 2 N–H and O–H groups in total.